The maximum Gasteiger partial charge on any atom is 0.251 e. The molecule has 0 saturated carbocycles. The van der Waals surface area contributed by atoms with Gasteiger partial charge in [-0.3, -0.25) is 4.79 Å². The molecule has 3 aromatic rings. The number of aromatic nitrogens is 3. The van der Waals surface area contributed by atoms with Gasteiger partial charge in [0.15, 0.2) is 0 Å². The van der Waals surface area contributed by atoms with Crippen molar-refractivity contribution in [1.82, 2.24) is 25.6 Å². The fraction of sp³-hybridized carbons (Fsp3) is 0.360. The molecule has 180 valence electrons. The molecule has 1 amide bonds. The highest BCUT2D eigenvalue weighted by atomic mass is 16.5. The van der Waals surface area contributed by atoms with Gasteiger partial charge in [0.2, 0.25) is 0 Å². The number of nitrogens with one attached hydrogen (secondary N) is 3. The van der Waals surface area contributed by atoms with Crippen molar-refractivity contribution in [2.45, 2.75) is 12.8 Å². The lowest BCUT2D eigenvalue weighted by Gasteiger charge is -2.18. The van der Waals surface area contributed by atoms with Crippen molar-refractivity contribution in [1.29, 1.82) is 0 Å². The van der Waals surface area contributed by atoms with Crippen LogP contribution in [-0.4, -0.2) is 68.7 Å². The van der Waals surface area contributed by atoms with E-state index in [9.17, 15) is 4.79 Å². The molecular formula is C25H33N7O2. The van der Waals surface area contributed by atoms with E-state index >= 15 is 0 Å². The fourth-order valence-electron chi connectivity index (χ4n) is 3.54. The second-order valence-corrected chi connectivity index (χ2v) is 8.04. The topological polar surface area (TPSA) is 104 Å². The van der Waals surface area contributed by atoms with E-state index in [-0.39, 0.29) is 11.8 Å². The Morgan fingerprint density at radius 1 is 1.12 bits per heavy atom. The van der Waals surface area contributed by atoms with E-state index in [1.807, 2.05) is 50.6 Å². The number of anilines is 2. The molecule has 1 aromatic carbocycles. The molecule has 0 aliphatic heterocycles. The Balaban J connectivity index is 1.67. The molecule has 9 heteroatoms. The minimum Gasteiger partial charge on any atom is -0.496 e. The quantitative estimate of drug-likeness (QED) is 0.399. The maximum atomic E-state index is 11.9. The van der Waals surface area contributed by atoms with Crippen molar-refractivity contribution in [2.24, 2.45) is 0 Å². The number of carbonyl (C=O) groups is 1. The summed E-state index contributed by atoms with van der Waals surface area (Å²) < 4.78 is 5.53. The van der Waals surface area contributed by atoms with Gasteiger partial charge in [-0.15, -0.1) is 0 Å². The third-order valence-corrected chi connectivity index (χ3v) is 5.64. The third-order valence-electron chi connectivity index (χ3n) is 5.64. The fourth-order valence-corrected chi connectivity index (χ4v) is 3.54. The first kappa shape index (κ1) is 24.9. The second kappa shape index (κ2) is 11.9. The summed E-state index contributed by atoms with van der Waals surface area (Å²) in [6, 6.07) is 11.4. The number of hydrogen-bond acceptors (Lipinski definition) is 8. The zero-order valence-corrected chi connectivity index (χ0v) is 20.4. The maximum absolute atomic E-state index is 11.9. The Hall–Kier alpha value is -3.72. The number of carbonyl (C=O) groups excluding carboxylic acids is 1. The van der Waals surface area contributed by atoms with Crippen LogP contribution in [0.5, 0.6) is 5.75 Å². The average molecular weight is 464 g/mol. The first-order valence-electron chi connectivity index (χ1n) is 11.2. The van der Waals surface area contributed by atoms with Crippen LogP contribution in [0.1, 0.15) is 28.8 Å². The molecular weight excluding hydrogens is 430 g/mol. The monoisotopic (exact) mass is 463 g/mol. The number of amides is 1. The van der Waals surface area contributed by atoms with Crippen molar-refractivity contribution in [3.8, 4) is 17.0 Å². The van der Waals surface area contributed by atoms with Gasteiger partial charge in [0, 0.05) is 63.0 Å². The van der Waals surface area contributed by atoms with Crippen molar-refractivity contribution >= 4 is 17.5 Å². The first-order chi connectivity index (χ1) is 16.5. The van der Waals surface area contributed by atoms with Gasteiger partial charge >= 0.3 is 0 Å². The SMILES string of the molecule is CNCCN(C)c1ccc(-c2cc(NCC(C)c3ccc(C(=O)NC)cc3OC)ncn2)cn1. The van der Waals surface area contributed by atoms with Gasteiger partial charge in [-0.05, 0) is 36.9 Å². The number of pyridine rings is 1. The van der Waals surface area contributed by atoms with Crippen molar-refractivity contribution < 1.29 is 9.53 Å². The van der Waals surface area contributed by atoms with Gasteiger partial charge in [-0.1, -0.05) is 13.0 Å². The van der Waals surface area contributed by atoms with E-state index in [0.29, 0.717) is 17.9 Å². The molecule has 34 heavy (non-hydrogen) atoms. The number of ether oxygens (including phenoxy) is 1. The number of hydrogen-bond donors (Lipinski definition) is 3. The van der Waals surface area contributed by atoms with Gasteiger partial charge in [-0.25, -0.2) is 15.0 Å². The van der Waals surface area contributed by atoms with Crippen LogP contribution in [0.2, 0.25) is 0 Å². The first-order valence-corrected chi connectivity index (χ1v) is 11.2. The van der Waals surface area contributed by atoms with Crippen LogP contribution >= 0.6 is 0 Å². The predicted octanol–water partition coefficient (Wildman–Crippen LogP) is 2.78. The molecule has 2 aromatic heterocycles. The molecule has 3 N–H and O–H groups in total. The number of rotatable bonds is 11. The van der Waals surface area contributed by atoms with Gasteiger partial charge in [0.25, 0.3) is 5.91 Å². The minimum absolute atomic E-state index is 0.126. The Labute approximate surface area is 201 Å². The smallest absolute Gasteiger partial charge is 0.251 e. The van der Waals surface area contributed by atoms with Gasteiger partial charge in [0.1, 0.15) is 23.7 Å². The lowest BCUT2D eigenvalue weighted by Crippen LogP contribution is -2.27. The largest absolute Gasteiger partial charge is 0.496 e. The molecule has 0 aliphatic rings. The molecule has 3 rings (SSSR count). The molecule has 0 saturated heterocycles. The van der Waals surface area contributed by atoms with Crippen molar-refractivity contribution in [3.63, 3.8) is 0 Å². The molecule has 1 atom stereocenters. The van der Waals surface area contributed by atoms with Gasteiger partial charge in [0.05, 0.1) is 12.8 Å². The summed E-state index contributed by atoms with van der Waals surface area (Å²) in [5, 5.41) is 9.16. The Morgan fingerprint density at radius 3 is 2.62 bits per heavy atom. The summed E-state index contributed by atoms with van der Waals surface area (Å²) in [6.45, 7) is 4.50. The minimum atomic E-state index is -0.142. The highest BCUT2D eigenvalue weighted by molar-refractivity contribution is 5.94. The molecule has 1 unspecified atom stereocenters. The summed E-state index contributed by atoms with van der Waals surface area (Å²) >= 11 is 0. The van der Waals surface area contributed by atoms with E-state index in [1.165, 1.54) is 0 Å². The highest BCUT2D eigenvalue weighted by Gasteiger charge is 2.15. The average Bonchev–Trinajstić information content (AvgIpc) is 2.89. The summed E-state index contributed by atoms with van der Waals surface area (Å²) in [4.78, 5) is 27.4. The van der Waals surface area contributed by atoms with Gasteiger partial charge in [-0.2, -0.15) is 0 Å². The Morgan fingerprint density at radius 2 is 1.94 bits per heavy atom. The normalized spacial score (nSPS) is 11.6. The molecule has 0 aliphatic carbocycles. The standard InChI is InChI=1S/C25H33N7O2/c1-17(20-8-6-18(25(33)27-3)12-22(20)34-5)14-28-23-13-21(30-16-31-23)19-7-9-24(29-15-19)32(4)11-10-26-2/h6-9,12-13,15-17,26H,10-11,14H2,1-5H3,(H,27,33)(H,28,30,31). The summed E-state index contributed by atoms with van der Waals surface area (Å²) in [7, 11) is 7.18. The number of benzene rings is 1. The molecule has 0 bridgehead atoms. The molecule has 0 spiro atoms. The predicted molar refractivity (Wildman–Crippen MR) is 136 cm³/mol. The van der Waals surface area contributed by atoms with Crippen molar-refractivity contribution in [3.05, 3.63) is 60.0 Å². The molecule has 9 nitrogen and oxygen atoms in total. The van der Waals surface area contributed by atoms with Crippen molar-refractivity contribution in [2.75, 3.05) is 58.1 Å². The van der Waals surface area contributed by atoms with Crippen LogP contribution in [0.15, 0.2) is 48.9 Å². The van der Waals surface area contributed by atoms with E-state index < -0.39 is 0 Å². The Kier molecular flexibility index (Phi) is 8.75. The van der Waals surface area contributed by atoms with Crippen LogP contribution in [0.3, 0.4) is 0 Å². The summed E-state index contributed by atoms with van der Waals surface area (Å²) in [5.74, 6) is 2.31. The van der Waals surface area contributed by atoms with Crippen LogP contribution in [0.25, 0.3) is 11.3 Å². The van der Waals surface area contributed by atoms with Crippen LogP contribution < -0.4 is 25.6 Å². The van der Waals surface area contributed by atoms with E-state index in [2.05, 4.69) is 42.7 Å². The lowest BCUT2D eigenvalue weighted by atomic mass is 9.98. The summed E-state index contributed by atoms with van der Waals surface area (Å²) in [6.07, 6.45) is 3.38. The Bertz CT molecular complexity index is 1090. The third kappa shape index (κ3) is 6.20. The molecule has 2 heterocycles. The summed E-state index contributed by atoms with van der Waals surface area (Å²) in [5.41, 5.74) is 3.31. The lowest BCUT2D eigenvalue weighted by molar-refractivity contribution is 0.0962. The zero-order chi connectivity index (χ0) is 24.5. The zero-order valence-electron chi connectivity index (χ0n) is 20.4. The van der Waals surface area contributed by atoms with Gasteiger partial charge < -0.3 is 25.6 Å². The molecule has 0 fully saturated rings. The van der Waals surface area contributed by atoms with Crippen LogP contribution in [0, 0.1) is 0 Å². The highest BCUT2D eigenvalue weighted by Crippen LogP contribution is 2.28. The van der Waals surface area contributed by atoms with E-state index in [1.54, 1.807) is 26.6 Å². The van der Waals surface area contributed by atoms with Crippen LogP contribution in [0.4, 0.5) is 11.6 Å². The second-order valence-electron chi connectivity index (χ2n) is 8.04. The number of methoxy groups -OCH3 is 1. The van der Waals surface area contributed by atoms with E-state index in [4.69, 9.17) is 4.74 Å². The van der Waals surface area contributed by atoms with E-state index in [0.717, 1.165) is 41.5 Å². The molecule has 0 radical (unpaired) electrons. The number of nitrogens with zero attached hydrogens (tertiary/aromatic N) is 4. The van der Waals surface area contributed by atoms with Crippen LogP contribution in [-0.2, 0) is 0 Å². The number of likely N-dealkylation sites (N-methyl/N-ethyl adjacent to an activating group) is 2.